The van der Waals surface area contributed by atoms with E-state index in [2.05, 4.69) is 4.98 Å². The minimum atomic E-state index is -0.00617. The maximum absolute atomic E-state index is 12.5. The summed E-state index contributed by atoms with van der Waals surface area (Å²) in [5.74, 6) is 0.599. The van der Waals surface area contributed by atoms with Crippen LogP contribution in [0.2, 0.25) is 0 Å². The first-order valence-electron chi connectivity index (χ1n) is 7.25. The molecular weight excluding hydrogens is 274 g/mol. The van der Waals surface area contributed by atoms with Crippen LogP contribution in [0, 0.1) is 13.8 Å². The minimum Gasteiger partial charge on any atom is -0.455 e. The molecule has 22 heavy (non-hydrogen) atoms. The number of rotatable bonds is 1. The van der Waals surface area contributed by atoms with E-state index in [9.17, 15) is 4.79 Å². The van der Waals surface area contributed by atoms with Gasteiger partial charge in [0.15, 0.2) is 5.43 Å². The quantitative estimate of drug-likeness (QED) is 0.558. The zero-order valence-electron chi connectivity index (χ0n) is 12.4. The first kappa shape index (κ1) is 12.9. The molecule has 0 aliphatic heterocycles. The van der Waals surface area contributed by atoms with Crippen LogP contribution in [0.3, 0.4) is 0 Å². The Morgan fingerprint density at radius 1 is 1.00 bits per heavy atom. The Labute approximate surface area is 127 Å². The third-order valence-corrected chi connectivity index (χ3v) is 4.01. The summed E-state index contributed by atoms with van der Waals surface area (Å²) < 4.78 is 6.06. The molecule has 4 rings (SSSR count). The summed E-state index contributed by atoms with van der Waals surface area (Å²) >= 11 is 0. The van der Waals surface area contributed by atoms with Gasteiger partial charge in [-0.05, 0) is 37.1 Å². The lowest BCUT2D eigenvalue weighted by Crippen LogP contribution is -2.01. The summed E-state index contributed by atoms with van der Waals surface area (Å²) in [6.45, 7) is 3.96. The van der Waals surface area contributed by atoms with Crippen molar-refractivity contribution < 1.29 is 4.42 Å². The third-order valence-electron chi connectivity index (χ3n) is 4.01. The zero-order chi connectivity index (χ0) is 15.3. The highest BCUT2D eigenvalue weighted by atomic mass is 16.3. The van der Waals surface area contributed by atoms with E-state index in [0.717, 1.165) is 27.6 Å². The molecule has 0 saturated carbocycles. The molecule has 0 aliphatic rings. The summed E-state index contributed by atoms with van der Waals surface area (Å²) in [6, 6.07) is 13.5. The highest BCUT2D eigenvalue weighted by Crippen LogP contribution is 2.30. The molecule has 0 unspecified atom stereocenters. The van der Waals surface area contributed by atoms with Gasteiger partial charge in [-0.2, -0.15) is 0 Å². The van der Waals surface area contributed by atoms with Crippen molar-refractivity contribution in [2.24, 2.45) is 0 Å². The molecule has 0 saturated heterocycles. The molecule has 2 aromatic carbocycles. The van der Waals surface area contributed by atoms with E-state index in [1.54, 1.807) is 6.07 Å². The van der Waals surface area contributed by atoms with E-state index >= 15 is 0 Å². The highest BCUT2D eigenvalue weighted by molar-refractivity contribution is 5.95. The first-order valence-corrected chi connectivity index (χ1v) is 7.25. The Morgan fingerprint density at radius 3 is 2.68 bits per heavy atom. The van der Waals surface area contributed by atoms with Crippen molar-refractivity contribution in [1.29, 1.82) is 0 Å². The number of aromatic amines is 1. The monoisotopic (exact) mass is 289 g/mol. The molecule has 0 spiro atoms. The van der Waals surface area contributed by atoms with E-state index < -0.39 is 0 Å². The van der Waals surface area contributed by atoms with E-state index in [-0.39, 0.29) is 5.43 Å². The number of nitrogens with one attached hydrogen (secondary N) is 1. The molecule has 3 nitrogen and oxygen atoms in total. The molecule has 1 N–H and O–H groups in total. The molecule has 0 aliphatic carbocycles. The Hall–Kier alpha value is -2.81. The van der Waals surface area contributed by atoms with Crippen molar-refractivity contribution in [3.63, 3.8) is 0 Å². The molecule has 0 fully saturated rings. The van der Waals surface area contributed by atoms with Crippen molar-refractivity contribution in [3.05, 3.63) is 70.0 Å². The van der Waals surface area contributed by atoms with Crippen molar-refractivity contribution in [1.82, 2.24) is 4.98 Å². The fourth-order valence-electron chi connectivity index (χ4n) is 3.02. The van der Waals surface area contributed by atoms with E-state index in [1.807, 2.05) is 56.4 Å². The van der Waals surface area contributed by atoms with Crippen LogP contribution in [0.25, 0.3) is 33.2 Å². The van der Waals surface area contributed by atoms with Gasteiger partial charge in [0, 0.05) is 28.7 Å². The van der Waals surface area contributed by atoms with Crippen LogP contribution >= 0.6 is 0 Å². The van der Waals surface area contributed by atoms with Gasteiger partial charge in [-0.15, -0.1) is 0 Å². The predicted molar refractivity (Wildman–Crippen MR) is 89.3 cm³/mol. The molecule has 4 aromatic rings. The summed E-state index contributed by atoms with van der Waals surface area (Å²) in [6.07, 6.45) is 1.89. The maximum Gasteiger partial charge on any atom is 0.193 e. The Kier molecular flexibility index (Phi) is 2.70. The van der Waals surface area contributed by atoms with Crippen LogP contribution in [0.5, 0.6) is 0 Å². The van der Waals surface area contributed by atoms with Crippen LogP contribution in [0.4, 0.5) is 0 Å². The van der Waals surface area contributed by atoms with Crippen molar-refractivity contribution in [2.45, 2.75) is 13.8 Å². The van der Waals surface area contributed by atoms with Gasteiger partial charge in [-0.25, -0.2) is 0 Å². The summed E-state index contributed by atoms with van der Waals surface area (Å²) in [5, 5.41) is 1.69. The van der Waals surface area contributed by atoms with Crippen LogP contribution in [0.15, 0.2) is 57.9 Å². The number of H-pyrrole nitrogens is 1. The van der Waals surface area contributed by atoms with Gasteiger partial charge in [-0.1, -0.05) is 24.3 Å². The number of hydrogen-bond donors (Lipinski definition) is 1. The fraction of sp³-hybridized carbons (Fsp3) is 0.105. The zero-order valence-corrected chi connectivity index (χ0v) is 12.4. The third kappa shape index (κ3) is 1.86. The standard InChI is InChI=1S/C19H15NO2/c1-11-7-12(2)19-14(8-11)17(21)9-18(22-19)15-10-20-16-6-4-3-5-13(15)16/h3-10,20H,1-2H3. The summed E-state index contributed by atoms with van der Waals surface area (Å²) in [4.78, 5) is 15.7. The Bertz CT molecular complexity index is 1070. The first-order chi connectivity index (χ1) is 10.6. The number of fused-ring (bicyclic) bond motifs is 2. The molecule has 0 amide bonds. The van der Waals surface area contributed by atoms with Crippen LogP contribution in [-0.4, -0.2) is 4.98 Å². The van der Waals surface area contributed by atoms with Crippen LogP contribution < -0.4 is 5.43 Å². The second kappa shape index (κ2) is 4.60. The van der Waals surface area contributed by atoms with Crippen molar-refractivity contribution >= 4 is 21.9 Å². The van der Waals surface area contributed by atoms with E-state index in [0.29, 0.717) is 16.7 Å². The van der Waals surface area contributed by atoms with Gasteiger partial charge in [0.25, 0.3) is 0 Å². The van der Waals surface area contributed by atoms with Gasteiger partial charge in [0.2, 0.25) is 0 Å². The molecule has 0 radical (unpaired) electrons. The molecule has 2 heterocycles. The highest BCUT2D eigenvalue weighted by Gasteiger charge is 2.12. The van der Waals surface area contributed by atoms with E-state index in [1.165, 1.54) is 0 Å². The van der Waals surface area contributed by atoms with Gasteiger partial charge < -0.3 is 9.40 Å². The SMILES string of the molecule is Cc1cc(C)c2oc(-c3c[nH]c4ccccc34)cc(=O)c2c1. The second-order valence-electron chi connectivity index (χ2n) is 5.68. The molecule has 108 valence electrons. The van der Waals surface area contributed by atoms with Crippen molar-refractivity contribution in [3.8, 4) is 11.3 Å². The normalized spacial score (nSPS) is 11.4. The summed E-state index contributed by atoms with van der Waals surface area (Å²) in [5.41, 5.74) is 4.65. The lowest BCUT2D eigenvalue weighted by Gasteiger charge is -2.06. The molecule has 2 aromatic heterocycles. The molecule has 3 heteroatoms. The Balaban J connectivity index is 2.06. The van der Waals surface area contributed by atoms with Crippen molar-refractivity contribution in [2.75, 3.05) is 0 Å². The average Bonchev–Trinajstić information content (AvgIpc) is 2.92. The van der Waals surface area contributed by atoms with E-state index in [4.69, 9.17) is 4.42 Å². The maximum atomic E-state index is 12.5. The minimum absolute atomic E-state index is 0.00617. The number of hydrogen-bond acceptors (Lipinski definition) is 2. The smallest absolute Gasteiger partial charge is 0.193 e. The molecule has 0 atom stereocenters. The predicted octanol–water partition coefficient (Wildman–Crippen LogP) is 4.56. The largest absolute Gasteiger partial charge is 0.455 e. The second-order valence-corrected chi connectivity index (χ2v) is 5.68. The topological polar surface area (TPSA) is 46.0 Å². The van der Waals surface area contributed by atoms with Crippen LogP contribution in [-0.2, 0) is 0 Å². The summed E-state index contributed by atoms with van der Waals surface area (Å²) in [7, 11) is 0. The fourth-order valence-corrected chi connectivity index (χ4v) is 3.02. The average molecular weight is 289 g/mol. The number of aryl methyl sites for hydroxylation is 2. The lowest BCUT2D eigenvalue weighted by molar-refractivity contribution is 0.616. The van der Waals surface area contributed by atoms with Gasteiger partial charge in [0.1, 0.15) is 11.3 Å². The molecule has 0 bridgehead atoms. The van der Waals surface area contributed by atoms with Gasteiger partial charge in [0.05, 0.1) is 5.39 Å². The Morgan fingerprint density at radius 2 is 1.82 bits per heavy atom. The van der Waals surface area contributed by atoms with Gasteiger partial charge in [-0.3, -0.25) is 4.79 Å². The molecular formula is C19H15NO2. The van der Waals surface area contributed by atoms with Crippen LogP contribution in [0.1, 0.15) is 11.1 Å². The number of aromatic nitrogens is 1. The van der Waals surface area contributed by atoms with Gasteiger partial charge >= 0.3 is 0 Å². The number of benzene rings is 2. The lowest BCUT2D eigenvalue weighted by atomic mass is 10.1. The number of para-hydroxylation sites is 1.